The SMILES string of the molecule is Cn1c(-c2c(F)cc3ccccn23)nc2cc(C(F)(F)F)cnc21. The summed E-state index contributed by atoms with van der Waals surface area (Å²) in [6, 6.07) is 7.50. The Bertz CT molecular complexity index is 1070. The molecule has 0 radical (unpaired) electrons. The van der Waals surface area contributed by atoms with Gasteiger partial charge in [-0.05, 0) is 18.2 Å². The molecule has 122 valence electrons. The van der Waals surface area contributed by atoms with Gasteiger partial charge in [-0.3, -0.25) is 0 Å². The molecule has 4 aromatic heterocycles. The van der Waals surface area contributed by atoms with E-state index < -0.39 is 17.6 Å². The van der Waals surface area contributed by atoms with Crippen LogP contribution in [0, 0.1) is 5.82 Å². The summed E-state index contributed by atoms with van der Waals surface area (Å²) in [6.45, 7) is 0. The third-order valence-electron chi connectivity index (χ3n) is 3.88. The molecule has 0 N–H and O–H groups in total. The molecular formula is C16H10F4N4. The van der Waals surface area contributed by atoms with Crippen molar-refractivity contribution in [1.82, 2.24) is 18.9 Å². The Morgan fingerprint density at radius 2 is 1.92 bits per heavy atom. The summed E-state index contributed by atoms with van der Waals surface area (Å²) in [5.41, 5.74) is 0.233. The molecule has 4 aromatic rings. The molecule has 24 heavy (non-hydrogen) atoms. The molecule has 0 aliphatic rings. The van der Waals surface area contributed by atoms with Crippen molar-refractivity contribution >= 4 is 16.7 Å². The summed E-state index contributed by atoms with van der Waals surface area (Å²) < 4.78 is 56.0. The molecule has 0 amide bonds. The van der Waals surface area contributed by atoms with E-state index in [1.54, 1.807) is 35.8 Å². The van der Waals surface area contributed by atoms with Crippen LogP contribution >= 0.6 is 0 Å². The van der Waals surface area contributed by atoms with Crippen LogP contribution < -0.4 is 0 Å². The number of imidazole rings is 1. The predicted octanol–water partition coefficient (Wildman–Crippen LogP) is 4.05. The van der Waals surface area contributed by atoms with Crippen molar-refractivity contribution in [2.75, 3.05) is 0 Å². The Balaban J connectivity index is 2.00. The van der Waals surface area contributed by atoms with E-state index in [4.69, 9.17) is 0 Å². The number of pyridine rings is 2. The minimum atomic E-state index is -4.51. The van der Waals surface area contributed by atoms with Crippen LogP contribution in [0.5, 0.6) is 0 Å². The second-order valence-electron chi connectivity index (χ2n) is 5.40. The normalized spacial score (nSPS) is 12.4. The van der Waals surface area contributed by atoms with Crippen molar-refractivity contribution in [3.63, 3.8) is 0 Å². The van der Waals surface area contributed by atoms with Crippen molar-refractivity contribution in [1.29, 1.82) is 0 Å². The molecule has 4 rings (SSSR count). The zero-order chi connectivity index (χ0) is 17.1. The van der Waals surface area contributed by atoms with Crippen LogP contribution in [0.25, 0.3) is 28.2 Å². The minimum absolute atomic E-state index is 0.0626. The van der Waals surface area contributed by atoms with Gasteiger partial charge in [0, 0.05) is 31.0 Å². The van der Waals surface area contributed by atoms with E-state index in [1.165, 1.54) is 10.6 Å². The number of hydrogen-bond acceptors (Lipinski definition) is 2. The number of fused-ring (bicyclic) bond motifs is 2. The second kappa shape index (κ2) is 4.80. The second-order valence-corrected chi connectivity index (χ2v) is 5.40. The van der Waals surface area contributed by atoms with Gasteiger partial charge < -0.3 is 8.97 Å². The maximum Gasteiger partial charge on any atom is 0.417 e. The summed E-state index contributed by atoms with van der Waals surface area (Å²) in [6.07, 6.45) is -2.09. The topological polar surface area (TPSA) is 35.1 Å². The highest BCUT2D eigenvalue weighted by molar-refractivity contribution is 5.78. The Morgan fingerprint density at radius 3 is 2.67 bits per heavy atom. The largest absolute Gasteiger partial charge is 0.417 e. The van der Waals surface area contributed by atoms with Gasteiger partial charge >= 0.3 is 6.18 Å². The first-order chi connectivity index (χ1) is 11.4. The highest BCUT2D eigenvalue weighted by Gasteiger charge is 2.32. The van der Waals surface area contributed by atoms with E-state index in [2.05, 4.69) is 9.97 Å². The summed E-state index contributed by atoms with van der Waals surface area (Å²) in [4.78, 5) is 8.02. The quantitative estimate of drug-likeness (QED) is 0.492. The highest BCUT2D eigenvalue weighted by atomic mass is 19.4. The average molecular weight is 334 g/mol. The lowest BCUT2D eigenvalue weighted by molar-refractivity contribution is -0.137. The third-order valence-corrected chi connectivity index (χ3v) is 3.88. The first kappa shape index (κ1) is 14.7. The van der Waals surface area contributed by atoms with E-state index in [1.807, 2.05) is 0 Å². The number of hydrogen-bond donors (Lipinski definition) is 0. The van der Waals surface area contributed by atoms with E-state index in [-0.39, 0.29) is 22.7 Å². The molecule has 0 unspecified atom stereocenters. The van der Waals surface area contributed by atoms with Crippen LogP contribution in [0.4, 0.5) is 17.6 Å². The Kier molecular flexibility index (Phi) is 2.93. The van der Waals surface area contributed by atoms with Gasteiger partial charge in [-0.25, -0.2) is 14.4 Å². The number of aryl methyl sites for hydroxylation is 1. The van der Waals surface area contributed by atoms with Crippen LogP contribution in [0.15, 0.2) is 42.7 Å². The lowest BCUT2D eigenvalue weighted by atomic mass is 10.2. The maximum absolute atomic E-state index is 14.4. The minimum Gasteiger partial charge on any atom is -0.311 e. The summed E-state index contributed by atoms with van der Waals surface area (Å²) in [5.74, 6) is -0.295. The van der Waals surface area contributed by atoms with Crippen LogP contribution in [0.2, 0.25) is 0 Å². The molecule has 4 heterocycles. The molecule has 0 aromatic carbocycles. The molecule has 0 fully saturated rings. The van der Waals surface area contributed by atoms with Crippen molar-refractivity contribution in [2.45, 2.75) is 6.18 Å². The fraction of sp³-hybridized carbons (Fsp3) is 0.125. The standard InChI is InChI=1S/C16H10F4N4/c1-23-14-12(6-9(8-21-14)16(18,19)20)22-15(23)13-11(17)7-10-4-2-3-5-24(10)13/h2-8H,1H3. The number of nitrogens with zero attached hydrogens (tertiary/aromatic N) is 4. The maximum atomic E-state index is 14.4. The third kappa shape index (κ3) is 2.06. The lowest BCUT2D eigenvalue weighted by Gasteiger charge is -2.05. The van der Waals surface area contributed by atoms with Gasteiger partial charge in [0.05, 0.1) is 5.56 Å². The fourth-order valence-electron chi connectivity index (χ4n) is 2.75. The summed E-state index contributed by atoms with van der Waals surface area (Å²) in [5, 5.41) is 0. The average Bonchev–Trinajstić information content (AvgIpc) is 3.02. The Morgan fingerprint density at radius 1 is 1.12 bits per heavy atom. The molecule has 0 aliphatic heterocycles. The Hall–Kier alpha value is -2.90. The van der Waals surface area contributed by atoms with Crippen molar-refractivity contribution in [3.05, 3.63) is 54.1 Å². The van der Waals surface area contributed by atoms with E-state index in [0.29, 0.717) is 5.52 Å². The molecule has 4 nitrogen and oxygen atoms in total. The van der Waals surface area contributed by atoms with Gasteiger partial charge in [-0.2, -0.15) is 13.2 Å². The van der Waals surface area contributed by atoms with Gasteiger partial charge in [0.2, 0.25) is 0 Å². The van der Waals surface area contributed by atoms with Gasteiger partial charge in [-0.15, -0.1) is 0 Å². The van der Waals surface area contributed by atoms with Crippen molar-refractivity contribution < 1.29 is 17.6 Å². The Labute approximate surface area is 133 Å². The summed E-state index contributed by atoms with van der Waals surface area (Å²) in [7, 11) is 1.59. The lowest BCUT2D eigenvalue weighted by Crippen LogP contribution is -2.05. The molecule has 0 saturated heterocycles. The smallest absolute Gasteiger partial charge is 0.311 e. The summed E-state index contributed by atoms with van der Waals surface area (Å²) >= 11 is 0. The number of halogens is 4. The van der Waals surface area contributed by atoms with E-state index >= 15 is 0 Å². The van der Waals surface area contributed by atoms with Crippen LogP contribution in [-0.4, -0.2) is 18.9 Å². The van der Waals surface area contributed by atoms with Gasteiger partial charge in [0.15, 0.2) is 17.3 Å². The fourth-order valence-corrected chi connectivity index (χ4v) is 2.75. The first-order valence-corrected chi connectivity index (χ1v) is 7.02. The van der Waals surface area contributed by atoms with Gasteiger partial charge in [-0.1, -0.05) is 6.07 Å². The number of alkyl halides is 3. The van der Waals surface area contributed by atoms with Crippen molar-refractivity contribution in [3.8, 4) is 11.5 Å². The molecular weight excluding hydrogens is 324 g/mol. The number of aromatic nitrogens is 4. The van der Waals surface area contributed by atoms with E-state index in [9.17, 15) is 17.6 Å². The number of rotatable bonds is 1. The van der Waals surface area contributed by atoms with Crippen LogP contribution in [-0.2, 0) is 13.2 Å². The molecule has 0 saturated carbocycles. The van der Waals surface area contributed by atoms with E-state index in [0.717, 1.165) is 12.3 Å². The van der Waals surface area contributed by atoms with Crippen LogP contribution in [0.3, 0.4) is 0 Å². The van der Waals surface area contributed by atoms with Crippen molar-refractivity contribution in [2.24, 2.45) is 7.05 Å². The molecule has 0 spiro atoms. The van der Waals surface area contributed by atoms with Gasteiger partial charge in [0.1, 0.15) is 11.2 Å². The zero-order valence-corrected chi connectivity index (χ0v) is 12.3. The van der Waals surface area contributed by atoms with Crippen LogP contribution in [0.1, 0.15) is 5.56 Å². The first-order valence-electron chi connectivity index (χ1n) is 7.02. The molecule has 0 atom stereocenters. The zero-order valence-electron chi connectivity index (χ0n) is 12.3. The molecule has 8 heteroatoms. The predicted molar refractivity (Wildman–Crippen MR) is 79.9 cm³/mol. The molecule has 0 aliphatic carbocycles. The molecule has 0 bridgehead atoms. The monoisotopic (exact) mass is 334 g/mol. The van der Waals surface area contributed by atoms with Gasteiger partial charge in [0.25, 0.3) is 0 Å². The highest BCUT2D eigenvalue weighted by Crippen LogP contribution is 2.32.